The first-order valence-corrected chi connectivity index (χ1v) is 7.07. The highest BCUT2D eigenvalue weighted by Gasteiger charge is 2.26. The van der Waals surface area contributed by atoms with E-state index in [9.17, 15) is 4.79 Å². The van der Waals surface area contributed by atoms with Crippen LogP contribution < -0.4 is 10.5 Å². The molecule has 4 nitrogen and oxygen atoms in total. The van der Waals surface area contributed by atoms with Crippen molar-refractivity contribution >= 4 is 5.91 Å². The lowest BCUT2D eigenvalue weighted by atomic mass is 10.1. The summed E-state index contributed by atoms with van der Waals surface area (Å²) in [5.74, 6) is 0.906. The zero-order valence-electron chi connectivity index (χ0n) is 11.7. The smallest absolute Gasteiger partial charge is 0.239 e. The molecule has 1 unspecified atom stereocenters. The fraction of sp³-hybridized carbons (Fsp3) is 0.438. The third-order valence-electron chi connectivity index (χ3n) is 3.54. The summed E-state index contributed by atoms with van der Waals surface area (Å²) in [4.78, 5) is 13.9. The van der Waals surface area contributed by atoms with E-state index >= 15 is 0 Å². The van der Waals surface area contributed by atoms with Crippen LogP contribution in [0.15, 0.2) is 43.0 Å². The summed E-state index contributed by atoms with van der Waals surface area (Å²) in [7, 11) is 0. The second-order valence-corrected chi connectivity index (χ2v) is 5.09. The summed E-state index contributed by atoms with van der Waals surface area (Å²) in [6.45, 7) is 5.04. The van der Waals surface area contributed by atoms with E-state index in [2.05, 4.69) is 6.58 Å². The standard InChI is InChI=1S/C16H22N2O2/c1-2-6-15(17)16(19)18-11-9-14(10-12-18)20-13-7-4-3-5-8-13/h2-5,7-8,14-15H,1,6,9-12,17H2. The van der Waals surface area contributed by atoms with Crippen LogP contribution in [0.2, 0.25) is 0 Å². The number of benzene rings is 1. The molecule has 1 saturated heterocycles. The van der Waals surface area contributed by atoms with Crippen LogP contribution in [0.25, 0.3) is 0 Å². The van der Waals surface area contributed by atoms with Gasteiger partial charge in [0.25, 0.3) is 0 Å². The summed E-state index contributed by atoms with van der Waals surface area (Å²) in [5, 5.41) is 0. The van der Waals surface area contributed by atoms with Crippen molar-refractivity contribution in [1.29, 1.82) is 0 Å². The zero-order valence-corrected chi connectivity index (χ0v) is 11.7. The lowest BCUT2D eigenvalue weighted by Gasteiger charge is -2.33. The number of carbonyl (C=O) groups is 1. The molecule has 4 heteroatoms. The van der Waals surface area contributed by atoms with Crippen LogP contribution in [0.5, 0.6) is 5.75 Å². The predicted molar refractivity (Wildman–Crippen MR) is 79.5 cm³/mol. The predicted octanol–water partition coefficient (Wildman–Crippen LogP) is 1.96. The summed E-state index contributed by atoms with van der Waals surface area (Å²) < 4.78 is 5.91. The van der Waals surface area contributed by atoms with E-state index in [1.807, 2.05) is 35.2 Å². The molecule has 20 heavy (non-hydrogen) atoms. The molecule has 1 heterocycles. The number of amides is 1. The maximum Gasteiger partial charge on any atom is 0.239 e. The Morgan fingerprint density at radius 3 is 2.65 bits per heavy atom. The topological polar surface area (TPSA) is 55.6 Å². The number of piperidine rings is 1. The molecular formula is C16H22N2O2. The van der Waals surface area contributed by atoms with Crippen LogP contribution in [0.1, 0.15) is 19.3 Å². The molecule has 1 aliphatic rings. The quantitative estimate of drug-likeness (QED) is 0.835. The van der Waals surface area contributed by atoms with Gasteiger partial charge >= 0.3 is 0 Å². The van der Waals surface area contributed by atoms with Crippen molar-refractivity contribution in [2.75, 3.05) is 13.1 Å². The van der Waals surface area contributed by atoms with Crippen LogP contribution in [-0.4, -0.2) is 36.0 Å². The van der Waals surface area contributed by atoms with Gasteiger partial charge in [-0.2, -0.15) is 0 Å². The molecule has 0 saturated carbocycles. The maximum atomic E-state index is 12.1. The van der Waals surface area contributed by atoms with E-state index in [0.29, 0.717) is 19.5 Å². The number of para-hydroxylation sites is 1. The number of hydrogen-bond acceptors (Lipinski definition) is 3. The Morgan fingerprint density at radius 2 is 2.05 bits per heavy atom. The second-order valence-electron chi connectivity index (χ2n) is 5.09. The fourth-order valence-corrected chi connectivity index (χ4v) is 2.40. The number of likely N-dealkylation sites (tertiary alicyclic amines) is 1. The van der Waals surface area contributed by atoms with Crippen LogP contribution >= 0.6 is 0 Å². The molecule has 0 radical (unpaired) electrons. The van der Waals surface area contributed by atoms with Crippen molar-refractivity contribution < 1.29 is 9.53 Å². The van der Waals surface area contributed by atoms with Gasteiger partial charge in [0.1, 0.15) is 11.9 Å². The maximum absolute atomic E-state index is 12.1. The van der Waals surface area contributed by atoms with Gasteiger partial charge in [0, 0.05) is 25.9 Å². The minimum atomic E-state index is -0.459. The van der Waals surface area contributed by atoms with Crippen molar-refractivity contribution in [3.05, 3.63) is 43.0 Å². The SMILES string of the molecule is C=CCC(N)C(=O)N1CCC(Oc2ccccc2)CC1. The van der Waals surface area contributed by atoms with Gasteiger partial charge in [0.05, 0.1) is 6.04 Å². The van der Waals surface area contributed by atoms with Gasteiger partial charge in [0.2, 0.25) is 5.91 Å². The van der Waals surface area contributed by atoms with E-state index in [1.165, 1.54) is 0 Å². The fourth-order valence-electron chi connectivity index (χ4n) is 2.40. The van der Waals surface area contributed by atoms with Gasteiger partial charge in [-0.05, 0) is 18.6 Å². The molecule has 0 spiro atoms. The van der Waals surface area contributed by atoms with Gasteiger partial charge in [0.15, 0.2) is 0 Å². The first kappa shape index (κ1) is 14.6. The molecule has 108 valence electrons. The minimum absolute atomic E-state index is 0.0167. The van der Waals surface area contributed by atoms with Crippen LogP contribution in [0, 0.1) is 0 Å². The Morgan fingerprint density at radius 1 is 1.40 bits per heavy atom. The first-order chi connectivity index (χ1) is 9.70. The molecule has 0 bridgehead atoms. The Kier molecular flexibility index (Phi) is 5.18. The summed E-state index contributed by atoms with van der Waals surface area (Å²) >= 11 is 0. The average molecular weight is 274 g/mol. The number of nitrogens with two attached hydrogens (primary N) is 1. The number of hydrogen-bond donors (Lipinski definition) is 1. The molecule has 2 N–H and O–H groups in total. The Labute approximate surface area is 120 Å². The van der Waals surface area contributed by atoms with Crippen LogP contribution in [-0.2, 0) is 4.79 Å². The molecule has 2 rings (SSSR count). The largest absolute Gasteiger partial charge is 0.490 e. The number of nitrogens with zero attached hydrogens (tertiary/aromatic N) is 1. The Bertz CT molecular complexity index is 439. The molecule has 1 aliphatic heterocycles. The van der Waals surface area contributed by atoms with E-state index in [0.717, 1.165) is 18.6 Å². The number of carbonyl (C=O) groups excluding carboxylic acids is 1. The van der Waals surface area contributed by atoms with Gasteiger partial charge in [-0.1, -0.05) is 24.3 Å². The van der Waals surface area contributed by atoms with Crippen molar-refractivity contribution in [2.45, 2.75) is 31.4 Å². The highest BCUT2D eigenvalue weighted by Crippen LogP contribution is 2.19. The van der Waals surface area contributed by atoms with Crippen molar-refractivity contribution in [3.63, 3.8) is 0 Å². The summed E-state index contributed by atoms with van der Waals surface area (Å²) in [6, 6.07) is 9.34. The van der Waals surface area contributed by atoms with Crippen molar-refractivity contribution in [1.82, 2.24) is 4.90 Å². The highest BCUT2D eigenvalue weighted by molar-refractivity contribution is 5.81. The van der Waals surface area contributed by atoms with E-state index in [1.54, 1.807) is 6.08 Å². The Balaban J connectivity index is 1.80. The molecule has 1 aromatic carbocycles. The van der Waals surface area contributed by atoms with Crippen molar-refractivity contribution in [2.24, 2.45) is 5.73 Å². The normalized spacial score (nSPS) is 17.6. The van der Waals surface area contributed by atoms with Crippen LogP contribution in [0.4, 0.5) is 0 Å². The zero-order chi connectivity index (χ0) is 14.4. The van der Waals surface area contributed by atoms with Gasteiger partial charge in [-0.3, -0.25) is 4.79 Å². The van der Waals surface area contributed by atoms with Gasteiger partial charge in [-0.25, -0.2) is 0 Å². The molecule has 0 aliphatic carbocycles. The Hall–Kier alpha value is -1.81. The average Bonchev–Trinajstić information content (AvgIpc) is 2.48. The highest BCUT2D eigenvalue weighted by atomic mass is 16.5. The lowest BCUT2D eigenvalue weighted by molar-refractivity contribution is -0.134. The number of rotatable bonds is 5. The van der Waals surface area contributed by atoms with Crippen LogP contribution in [0.3, 0.4) is 0 Å². The molecule has 1 fully saturated rings. The monoisotopic (exact) mass is 274 g/mol. The summed E-state index contributed by atoms with van der Waals surface area (Å²) in [6.07, 6.45) is 4.09. The lowest BCUT2D eigenvalue weighted by Crippen LogP contribution is -2.48. The number of ether oxygens (including phenoxy) is 1. The summed E-state index contributed by atoms with van der Waals surface area (Å²) in [5.41, 5.74) is 5.82. The van der Waals surface area contributed by atoms with Gasteiger partial charge in [-0.15, -0.1) is 6.58 Å². The third kappa shape index (κ3) is 3.84. The van der Waals surface area contributed by atoms with E-state index < -0.39 is 6.04 Å². The molecule has 1 aromatic rings. The molecule has 1 atom stereocenters. The molecular weight excluding hydrogens is 252 g/mol. The van der Waals surface area contributed by atoms with Gasteiger partial charge < -0.3 is 15.4 Å². The van der Waals surface area contributed by atoms with E-state index in [4.69, 9.17) is 10.5 Å². The minimum Gasteiger partial charge on any atom is -0.490 e. The molecule has 0 aromatic heterocycles. The second kappa shape index (κ2) is 7.10. The van der Waals surface area contributed by atoms with E-state index in [-0.39, 0.29) is 12.0 Å². The first-order valence-electron chi connectivity index (χ1n) is 7.07. The van der Waals surface area contributed by atoms with Crippen molar-refractivity contribution in [3.8, 4) is 5.75 Å². The third-order valence-corrected chi connectivity index (χ3v) is 3.54. The molecule has 1 amide bonds.